The molecule has 0 radical (unpaired) electrons. The molecule has 2 N–H and O–H groups in total. The zero-order chi connectivity index (χ0) is 11.5. The molecule has 0 atom stereocenters. The van der Waals surface area contributed by atoms with Gasteiger partial charge < -0.3 is 20.6 Å². The first-order valence-corrected chi connectivity index (χ1v) is 5.55. The van der Waals surface area contributed by atoms with Crippen molar-refractivity contribution in [3.8, 4) is 5.88 Å². The van der Waals surface area contributed by atoms with Crippen LogP contribution in [0.3, 0.4) is 0 Å². The number of fused-ring (bicyclic) bond motifs is 1. The minimum Gasteiger partial charge on any atom is -0.472 e. The van der Waals surface area contributed by atoms with Gasteiger partial charge in [-0.25, -0.2) is 0 Å². The first-order valence-electron chi connectivity index (χ1n) is 4.67. The molecule has 0 saturated heterocycles. The Balaban J connectivity index is 2.32. The number of ether oxygens (including phenoxy) is 1. The number of nitro groups is 1. The zero-order valence-corrected chi connectivity index (χ0v) is 9.14. The standard InChI is InChI=1S/C8H10N4O3S/c9-2-1-4-15-6-7(12(13)14)11-3-5-16-8(11)10-6/h3,5H,1-2,4,9H2. The van der Waals surface area contributed by atoms with E-state index in [1.165, 1.54) is 15.7 Å². The van der Waals surface area contributed by atoms with E-state index in [4.69, 9.17) is 10.5 Å². The molecule has 2 rings (SSSR count). The average Bonchev–Trinajstić information content (AvgIpc) is 2.76. The van der Waals surface area contributed by atoms with Crippen molar-refractivity contribution in [2.75, 3.05) is 13.2 Å². The summed E-state index contributed by atoms with van der Waals surface area (Å²) in [6.07, 6.45) is 2.24. The summed E-state index contributed by atoms with van der Waals surface area (Å²) in [6.45, 7) is 0.818. The van der Waals surface area contributed by atoms with Crippen molar-refractivity contribution < 1.29 is 9.66 Å². The maximum absolute atomic E-state index is 10.9. The lowest BCUT2D eigenvalue weighted by molar-refractivity contribution is -0.391. The quantitative estimate of drug-likeness (QED) is 0.480. The Morgan fingerprint density at radius 2 is 2.50 bits per heavy atom. The van der Waals surface area contributed by atoms with Crippen LogP contribution < -0.4 is 10.5 Å². The topological polar surface area (TPSA) is 95.7 Å². The van der Waals surface area contributed by atoms with Crippen LogP contribution in [0.1, 0.15) is 6.42 Å². The number of hydrogen-bond acceptors (Lipinski definition) is 6. The smallest absolute Gasteiger partial charge is 0.393 e. The molecule has 0 bridgehead atoms. The van der Waals surface area contributed by atoms with Crippen LogP contribution in [0.4, 0.5) is 5.82 Å². The Morgan fingerprint density at radius 3 is 3.19 bits per heavy atom. The Labute approximate surface area is 94.6 Å². The molecule has 7 nitrogen and oxygen atoms in total. The monoisotopic (exact) mass is 242 g/mol. The largest absolute Gasteiger partial charge is 0.472 e. The Morgan fingerprint density at radius 1 is 1.69 bits per heavy atom. The Hall–Kier alpha value is -1.67. The molecule has 0 amide bonds. The average molecular weight is 242 g/mol. The molecule has 0 aromatic carbocycles. The number of nitrogens with zero attached hydrogens (tertiary/aromatic N) is 3. The fourth-order valence-corrected chi connectivity index (χ4v) is 1.97. The second kappa shape index (κ2) is 4.45. The van der Waals surface area contributed by atoms with E-state index in [0.29, 0.717) is 24.5 Å². The minimum atomic E-state index is -0.496. The van der Waals surface area contributed by atoms with Crippen LogP contribution >= 0.6 is 11.3 Å². The van der Waals surface area contributed by atoms with Crippen molar-refractivity contribution in [1.29, 1.82) is 0 Å². The van der Waals surface area contributed by atoms with E-state index >= 15 is 0 Å². The summed E-state index contributed by atoms with van der Waals surface area (Å²) in [4.78, 5) is 15.0. The van der Waals surface area contributed by atoms with Gasteiger partial charge in [0.25, 0.3) is 4.96 Å². The summed E-state index contributed by atoms with van der Waals surface area (Å²) in [5, 5.41) is 12.6. The van der Waals surface area contributed by atoms with Crippen molar-refractivity contribution in [3.63, 3.8) is 0 Å². The van der Waals surface area contributed by atoms with Crippen LogP contribution in [0.25, 0.3) is 4.96 Å². The third-order valence-electron chi connectivity index (χ3n) is 1.97. The first-order chi connectivity index (χ1) is 7.74. The minimum absolute atomic E-state index is 0.0605. The van der Waals surface area contributed by atoms with Crippen LogP contribution in [0.5, 0.6) is 5.88 Å². The van der Waals surface area contributed by atoms with Gasteiger partial charge in [-0.1, -0.05) is 11.3 Å². The fraction of sp³-hybridized carbons (Fsp3) is 0.375. The molecule has 0 aliphatic carbocycles. The van der Waals surface area contributed by atoms with Crippen LogP contribution in [0.15, 0.2) is 11.6 Å². The molecule has 86 valence electrons. The number of hydrogen-bond donors (Lipinski definition) is 1. The van der Waals surface area contributed by atoms with Crippen LogP contribution in [-0.2, 0) is 0 Å². The molecule has 8 heteroatoms. The highest BCUT2D eigenvalue weighted by Crippen LogP contribution is 2.29. The lowest BCUT2D eigenvalue weighted by atomic mass is 10.5. The summed E-state index contributed by atoms with van der Waals surface area (Å²) in [6, 6.07) is 0. The summed E-state index contributed by atoms with van der Waals surface area (Å²) >= 11 is 1.32. The van der Waals surface area contributed by atoms with Gasteiger partial charge in [0.1, 0.15) is 6.20 Å². The molecule has 0 aliphatic rings. The van der Waals surface area contributed by atoms with Gasteiger partial charge in [0.05, 0.1) is 6.61 Å². The molecule has 16 heavy (non-hydrogen) atoms. The van der Waals surface area contributed by atoms with Crippen LogP contribution in [0.2, 0.25) is 0 Å². The number of imidazole rings is 1. The van der Waals surface area contributed by atoms with E-state index in [1.54, 1.807) is 11.6 Å². The van der Waals surface area contributed by atoms with Gasteiger partial charge in [-0.15, -0.1) is 0 Å². The van der Waals surface area contributed by atoms with Crippen LogP contribution in [-0.4, -0.2) is 27.5 Å². The van der Waals surface area contributed by atoms with E-state index < -0.39 is 4.92 Å². The molecule has 0 spiro atoms. The highest BCUT2D eigenvalue weighted by molar-refractivity contribution is 7.15. The van der Waals surface area contributed by atoms with E-state index in [2.05, 4.69) is 4.98 Å². The molecule has 2 aromatic rings. The molecule has 0 unspecified atom stereocenters. The maximum atomic E-state index is 10.9. The highest BCUT2D eigenvalue weighted by Gasteiger charge is 2.24. The van der Waals surface area contributed by atoms with Gasteiger partial charge in [-0.3, -0.25) is 0 Å². The maximum Gasteiger partial charge on any atom is 0.393 e. The number of aromatic nitrogens is 2. The highest BCUT2D eigenvalue weighted by atomic mass is 32.1. The third kappa shape index (κ3) is 1.84. The van der Waals surface area contributed by atoms with Crippen LogP contribution in [0, 0.1) is 10.1 Å². The summed E-state index contributed by atoms with van der Waals surface area (Å²) in [7, 11) is 0. The van der Waals surface area contributed by atoms with Crippen molar-refractivity contribution >= 4 is 22.1 Å². The van der Waals surface area contributed by atoms with E-state index in [-0.39, 0.29) is 11.7 Å². The van der Waals surface area contributed by atoms with Crippen molar-refractivity contribution in [2.24, 2.45) is 5.73 Å². The fourth-order valence-electron chi connectivity index (χ4n) is 1.27. The predicted molar refractivity (Wildman–Crippen MR) is 58.9 cm³/mol. The van der Waals surface area contributed by atoms with Crippen molar-refractivity contribution in [1.82, 2.24) is 9.38 Å². The van der Waals surface area contributed by atoms with Gasteiger partial charge >= 0.3 is 11.7 Å². The van der Waals surface area contributed by atoms with E-state index in [9.17, 15) is 10.1 Å². The van der Waals surface area contributed by atoms with Gasteiger partial charge in [0.15, 0.2) is 0 Å². The molecule has 0 fully saturated rings. The van der Waals surface area contributed by atoms with Gasteiger partial charge in [-0.2, -0.15) is 9.38 Å². The van der Waals surface area contributed by atoms with Crippen molar-refractivity contribution in [3.05, 3.63) is 21.7 Å². The summed E-state index contributed by atoms with van der Waals surface area (Å²) in [5.74, 6) is -0.0708. The molecule has 2 heterocycles. The number of rotatable bonds is 5. The lowest BCUT2D eigenvalue weighted by Crippen LogP contribution is -2.07. The molecule has 0 aliphatic heterocycles. The SMILES string of the molecule is NCCCOc1nc2sccn2c1[N+](=O)[O-]. The third-order valence-corrected chi connectivity index (χ3v) is 2.72. The zero-order valence-electron chi connectivity index (χ0n) is 8.33. The van der Waals surface area contributed by atoms with Gasteiger partial charge in [-0.05, 0) is 17.9 Å². The summed E-state index contributed by atoms with van der Waals surface area (Å²) < 4.78 is 6.64. The Kier molecular flexibility index (Phi) is 3.02. The molecule has 0 saturated carbocycles. The second-order valence-corrected chi connectivity index (χ2v) is 3.92. The van der Waals surface area contributed by atoms with Crippen molar-refractivity contribution in [2.45, 2.75) is 6.42 Å². The molecule has 2 aromatic heterocycles. The van der Waals surface area contributed by atoms with Gasteiger partial charge in [0, 0.05) is 5.38 Å². The summed E-state index contributed by atoms with van der Waals surface area (Å²) in [5.41, 5.74) is 5.31. The van der Waals surface area contributed by atoms with Gasteiger partial charge in [0.2, 0.25) is 0 Å². The molecular weight excluding hydrogens is 232 g/mol. The number of thiazole rings is 1. The normalized spacial score (nSPS) is 10.8. The van der Waals surface area contributed by atoms with E-state index in [0.717, 1.165) is 0 Å². The number of nitrogens with two attached hydrogens (primary N) is 1. The predicted octanol–water partition coefficient (Wildman–Crippen LogP) is 1.03. The van der Waals surface area contributed by atoms with E-state index in [1.807, 2.05) is 0 Å². The second-order valence-electron chi connectivity index (χ2n) is 3.04. The Bertz CT molecular complexity index is 506. The lowest BCUT2D eigenvalue weighted by Gasteiger charge is -2.00. The molecular formula is C8H10N4O3S. The first kappa shape index (κ1) is 10.8.